The van der Waals surface area contributed by atoms with Crippen LogP contribution in [0.2, 0.25) is 0 Å². The Morgan fingerprint density at radius 3 is 1.92 bits per heavy atom. The Bertz CT molecular complexity index is 455. The van der Waals surface area contributed by atoms with Crippen molar-refractivity contribution in [3.8, 4) is 0 Å². The molecular weight excluding hydrogens is 336 g/mol. The van der Waals surface area contributed by atoms with E-state index in [9.17, 15) is 5.11 Å². The van der Waals surface area contributed by atoms with Gasteiger partial charge in [0.2, 0.25) is 0 Å². The Morgan fingerprint density at radius 1 is 0.923 bits per heavy atom. The van der Waals surface area contributed by atoms with E-state index >= 15 is 0 Å². The molecule has 148 valence electrons. The van der Waals surface area contributed by atoms with Crippen LogP contribution < -0.4 is 0 Å². The lowest BCUT2D eigenvalue weighted by Crippen LogP contribution is -2.35. The third-order valence-electron chi connectivity index (χ3n) is 5.12. The summed E-state index contributed by atoms with van der Waals surface area (Å²) in [5, 5.41) is 10.9. The quantitative estimate of drug-likeness (QED) is 0.180. The summed E-state index contributed by atoms with van der Waals surface area (Å²) in [6.07, 6.45) is 17.5. The lowest BCUT2D eigenvalue weighted by Gasteiger charge is -2.30. The maximum atomic E-state index is 10.9. The highest BCUT2D eigenvalue weighted by Crippen LogP contribution is 2.34. The largest absolute Gasteiger partial charge is 0.389 e. The van der Waals surface area contributed by atoms with Crippen LogP contribution in [0, 0.1) is 0 Å². The molecule has 0 radical (unpaired) electrons. The van der Waals surface area contributed by atoms with Crippen molar-refractivity contribution in [3.63, 3.8) is 0 Å². The molecule has 0 heterocycles. The molecule has 0 aliphatic rings. The van der Waals surface area contributed by atoms with Crippen LogP contribution in [0.5, 0.6) is 0 Å². The van der Waals surface area contributed by atoms with Crippen molar-refractivity contribution in [2.45, 2.75) is 107 Å². The lowest BCUT2D eigenvalue weighted by atomic mass is 9.94. The number of benzene rings is 1. The minimum absolute atomic E-state index is 0.0352. The summed E-state index contributed by atoms with van der Waals surface area (Å²) in [6.45, 7) is 8.18. The van der Waals surface area contributed by atoms with Crippen molar-refractivity contribution in [3.05, 3.63) is 43.0 Å². The summed E-state index contributed by atoms with van der Waals surface area (Å²) >= 11 is 1.71. The zero-order valence-corrected chi connectivity index (χ0v) is 17.9. The van der Waals surface area contributed by atoms with Crippen LogP contribution >= 0.6 is 11.8 Å². The van der Waals surface area contributed by atoms with Crippen molar-refractivity contribution in [2.24, 2.45) is 0 Å². The fraction of sp³-hybridized carbons (Fsp3) is 0.667. The number of hydrogen-bond acceptors (Lipinski definition) is 2. The van der Waals surface area contributed by atoms with Gasteiger partial charge in [0.15, 0.2) is 0 Å². The van der Waals surface area contributed by atoms with Crippen LogP contribution in [0.4, 0.5) is 0 Å². The molecule has 2 heteroatoms. The van der Waals surface area contributed by atoms with E-state index in [1.54, 1.807) is 11.8 Å². The number of aliphatic hydroxyl groups is 1. The molecule has 1 rings (SSSR count). The van der Waals surface area contributed by atoms with Gasteiger partial charge >= 0.3 is 0 Å². The Labute approximate surface area is 166 Å². The van der Waals surface area contributed by atoms with Crippen LogP contribution in [0.25, 0.3) is 0 Å². The van der Waals surface area contributed by atoms with Crippen LogP contribution in [-0.2, 0) is 0 Å². The van der Waals surface area contributed by atoms with E-state index in [4.69, 9.17) is 0 Å². The number of rotatable bonds is 16. The molecule has 0 amide bonds. The first-order valence-corrected chi connectivity index (χ1v) is 11.5. The molecule has 2 atom stereocenters. The monoisotopic (exact) mass is 376 g/mol. The molecule has 0 saturated carbocycles. The second-order valence-corrected chi connectivity index (χ2v) is 8.94. The molecule has 1 aromatic rings. The first-order valence-electron chi connectivity index (χ1n) is 10.7. The molecule has 0 saturated heterocycles. The normalized spacial score (nSPS) is 14.7. The zero-order valence-electron chi connectivity index (χ0n) is 17.1. The summed E-state index contributed by atoms with van der Waals surface area (Å²) < 4.78 is 0. The Hall–Kier alpha value is -0.730. The molecule has 1 aromatic carbocycles. The van der Waals surface area contributed by atoms with Crippen LogP contribution in [0.3, 0.4) is 0 Å². The molecule has 0 aromatic heterocycles. The third kappa shape index (κ3) is 10.4. The molecule has 0 unspecified atom stereocenters. The van der Waals surface area contributed by atoms with Gasteiger partial charge in [0.25, 0.3) is 0 Å². The number of unbranched alkanes of at least 4 members (excludes halogenated alkanes) is 10. The van der Waals surface area contributed by atoms with E-state index < -0.39 is 5.60 Å². The topological polar surface area (TPSA) is 20.2 Å². The second kappa shape index (κ2) is 14.3. The van der Waals surface area contributed by atoms with Crippen molar-refractivity contribution >= 4 is 11.8 Å². The highest BCUT2D eigenvalue weighted by Gasteiger charge is 2.29. The van der Waals surface area contributed by atoms with Crippen molar-refractivity contribution in [2.75, 3.05) is 0 Å². The minimum atomic E-state index is -0.693. The summed E-state index contributed by atoms with van der Waals surface area (Å²) in [7, 11) is 0. The summed E-state index contributed by atoms with van der Waals surface area (Å²) in [4.78, 5) is 1.19. The number of thioether (sulfide) groups is 1. The fourth-order valence-corrected chi connectivity index (χ4v) is 4.44. The average Bonchev–Trinajstić information content (AvgIpc) is 2.64. The van der Waals surface area contributed by atoms with Gasteiger partial charge in [0.05, 0.1) is 10.9 Å². The van der Waals surface area contributed by atoms with Crippen LogP contribution in [-0.4, -0.2) is 16.0 Å². The van der Waals surface area contributed by atoms with Gasteiger partial charge in [-0.15, -0.1) is 18.3 Å². The lowest BCUT2D eigenvalue weighted by molar-refractivity contribution is 0.0565. The van der Waals surface area contributed by atoms with Gasteiger partial charge in [-0.2, -0.15) is 0 Å². The highest BCUT2D eigenvalue weighted by atomic mass is 32.2. The first kappa shape index (κ1) is 23.3. The SMILES string of the molecule is C=C[C@H](Sc1ccccc1)[C@](C)(O)CCCCCCCCCCCCC. The summed E-state index contributed by atoms with van der Waals surface area (Å²) in [5.41, 5.74) is -0.693. The van der Waals surface area contributed by atoms with E-state index in [0.29, 0.717) is 0 Å². The number of hydrogen-bond donors (Lipinski definition) is 1. The summed E-state index contributed by atoms with van der Waals surface area (Å²) in [5.74, 6) is 0. The van der Waals surface area contributed by atoms with Gasteiger partial charge in [-0.25, -0.2) is 0 Å². The van der Waals surface area contributed by atoms with Gasteiger partial charge < -0.3 is 5.11 Å². The Balaban J connectivity index is 2.13. The predicted octanol–water partition coefficient (Wildman–Crippen LogP) is 7.79. The maximum absolute atomic E-state index is 10.9. The van der Waals surface area contributed by atoms with Gasteiger partial charge in [-0.1, -0.05) is 102 Å². The van der Waals surface area contributed by atoms with E-state index in [1.807, 2.05) is 31.2 Å². The van der Waals surface area contributed by atoms with Crippen molar-refractivity contribution in [1.29, 1.82) is 0 Å². The zero-order chi connectivity index (χ0) is 19.1. The highest BCUT2D eigenvalue weighted by molar-refractivity contribution is 8.00. The molecule has 0 aliphatic heterocycles. The molecule has 0 spiro atoms. The standard InChI is InChI=1S/C24H40OS/c1-4-6-7-8-9-10-11-12-13-14-18-21-24(3,25)23(5-2)26-22-19-16-15-17-20-22/h5,15-17,19-20,23,25H,2,4,6-14,18,21H2,1,3H3/t23-,24+/m0/s1. The average molecular weight is 377 g/mol. The minimum Gasteiger partial charge on any atom is -0.389 e. The molecular formula is C24H40OS. The molecule has 0 fully saturated rings. The van der Waals surface area contributed by atoms with E-state index in [1.165, 1.54) is 69.1 Å². The van der Waals surface area contributed by atoms with Crippen molar-refractivity contribution in [1.82, 2.24) is 0 Å². The van der Waals surface area contributed by atoms with E-state index in [2.05, 4.69) is 25.6 Å². The van der Waals surface area contributed by atoms with Gasteiger partial charge in [0.1, 0.15) is 0 Å². The molecule has 1 nitrogen and oxygen atoms in total. The first-order chi connectivity index (χ1) is 12.6. The Morgan fingerprint density at radius 2 is 1.42 bits per heavy atom. The van der Waals surface area contributed by atoms with E-state index in [0.717, 1.165) is 12.8 Å². The molecule has 0 bridgehead atoms. The van der Waals surface area contributed by atoms with Gasteiger partial charge in [-0.3, -0.25) is 0 Å². The van der Waals surface area contributed by atoms with Gasteiger partial charge in [-0.05, 0) is 25.5 Å². The van der Waals surface area contributed by atoms with Crippen molar-refractivity contribution < 1.29 is 5.11 Å². The maximum Gasteiger partial charge on any atom is 0.0776 e. The van der Waals surface area contributed by atoms with Crippen LogP contribution in [0.1, 0.15) is 90.9 Å². The molecule has 1 N–H and O–H groups in total. The second-order valence-electron chi connectivity index (χ2n) is 7.73. The third-order valence-corrected chi connectivity index (χ3v) is 6.62. The fourth-order valence-electron chi connectivity index (χ4n) is 3.36. The smallest absolute Gasteiger partial charge is 0.0776 e. The Kier molecular flexibility index (Phi) is 12.9. The molecule has 26 heavy (non-hydrogen) atoms. The van der Waals surface area contributed by atoms with Gasteiger partial charge in [0, 0.05) is 4.90 Å². The predicted molar refractivity (Wildman–Crippen MR) is 118 cm³/mol. The van der Waals surface area contributed by atoms with Crippen LogP contribution in [0.15, 0.2) is 47.9 Å². The molecule has 0 aliphatic carbocycles. The van der Waals surface area contributed by atoms with E-state index in [-0.39, 0.29) is 5.25 Å². The summed E-state index contributed by atoms with van der Waals surface area (Å²) in [6, 6.07) is 10.3.